The summed E-state index contributed by atoms with van der Waals surface area (Å²) in [5, 5.41) is 13.7. The molecule has 0 aliphatic heterocycles. The van der Waals surface area contributed by atoms with Gasteiger partial charge in [-0.1, -0.05) is 0 Å². The van der Waals surface area contributed by atoms with E-state index in [0.717, 1.165) is 76.4 Å². The van der Waals surface area contributed by atoms with Crippen molar-refractivity contribution in [3.8, 4) is 23.0 Å². The summed E-state index contributed by atoms with van der Waals surface area (Å²) in [5.74, 6) is -0.870. The maximum atomic E-state index is 12.9. The Morgan fingerprint density at radius 2 is 0.690 bits per heavy atom. The number of halogens is 10. The Balaban J connectivity index is 0.000000310. The van der Waals surface area contributed by atoms with E-state index in [2.05, 4.69) is 200 Å². The number of rotatable bonds is 20. The molecule has 8 aromatic rings. The highest BCUT2D eigenvalue weighted by molar-refractivity contribution is 9.12. The first-order valence-corrected chi connectivity index (χ1v) is 42.1. The zero-order chi connectivity index (χ0) is 88.3. The fourth-order valence-corrected chi connectivity index (χ4v) is 16.6. The van der Waals surface area contributed by atoms with Gasteiger partial charge in [0, 0.05) is 89.4 Å². The summed E-state index contributed by atoms with van der Waals surface area (Å²) < 4.78 is 68.5. The monoisotopic (exact) mass is 2260 g/mol. The summed E-state index contributed by atoms with van der Waals surface area (Å²) in [6.07, 6.45) is -1.82. The van der Waals surface area contributed by atoms with Gasteiger partial charge in [-0.25, -0.2) is 38.1 Å². The van der Waals surface area contributed by atoms with E-state index in [1.165, 1.54) is 67.8 Å². The van der Waals surface area contributed by atoms with E-state index >= 15 is 0 Å². The molecule has 116 heavy (non-hydrogen) atoms. The van der Waals surface area contributed by atoms with E-state index in [1.54, 1.807) is 95.8 Å². The molecule has 0 spiro atoms. The molecule has 8 rings (SSSR count). The molecular weight excluding hydrogens is 2180 g/mol. The average Bonchev–Trinajstić information content (AvgIpc) is 1.62. The van der Waals surface area contributed by atoms with Gasteiger partial charge in [-0.3, -0.25) is 19.2 Å². The van der Waals surface area contributed by atoms with Crippen molar-refractivity contribution < 1.29 is 110 Å². The van der Waals surface area contributed by atoms with Crippen LogP contribution in [0.2, 0.25) is 0 Å². The highest BCUT2D eigenvalue weighted by atomic mass is 79.9. The Kier molecular flexibility index (Phi) is 39.2. The molecule has 4 atom stereocenters. The van der Waals surface area contributed by atoms with Crippen LogP contribution in [0.5, 0.6) is 23.0 Å². The van der Waals surface area contributed by atoms with Gasteiger partial charge in [0.2, 0.25) is 23.6 Å². The number of ether oxygens (including phenoxy) is 12. The van der Waals surface area contributed by atoms with Crippen molar-refractivity contribution in [2.75, 3.05) is 56.9 Å². The summed E-state index contributed by atoms with van der Waals surface area (Å²) in [7, 11) is 11.4. The molecule has 7 N–H and O–H groups in total. The van der Waals surface area contributed by atoms with Gasteiger partial charge in [0.05, 0.1) is 110 Å². The first-order chi connectivity index (χ1) is 53.8. The molecule has 4 amide bonds. The number of benzene rings is 4. The van der Waals surface area contributed by atoms with Gasteiger partial charge in [-0.05, 0) is 280 Å². The molecule has 4 aromatic carbocycles. The van der Waals surface area contributed by atoms with Crippen molar-refractivity contribution in [1.82, 2.24) is 40.8 Å². The number of carbonyl (C=O) groups excluding carboxylic acids is 11. The van der Waals surface area contributed by atoms with Crippen molar-refractivity contribution in [3.63, 3.8) is 0 Å². The SMILES string of the molecule is CC(C)(C)OC(=O)OC(=O)OC(C)(C)C.COC(=O)[C@H](Cc1c(Br)[nH]c2c(Br)cc(OC)c(Br)c12)NC(C)=O.COC(=O)[C@H](Cc1c(Br)[nH]c2c(Br)cc(OC)c(Br)c12)NC(C)=O.COC(=O)[C@H](Cc1c(Br)[nH]c2cc(Br)c(OC)cc12)NC(C)=O.COC(=O)[C@H](Cc1c(Br)n(C(=O)OC(C)(C)C)c2cc(Br)c(OC)cc12)NC(C)=O. The number of fused-ring (bicyclic) bond motifs is 4. The molecule has 0 radical (unpaired) electrons. The lowest BCUT2D eigenvalue weighted by Gasteiger charge is -2.20. The molecule has 0 saturated carbocycles. The summed E-state index contributed by atoms with van der Waals surface area (Å²) >= 11 is 34.9. The van der Waals surface area contributed by atoms with Crippen LogP contribution in [0.3, 0.4) is 0 Å². The maximum absolute atomic E-state index is 12.9. The van der Waals surface area contributed by atoms with Crippen LogP contribution in [0.1, 0.15) is 112 Å². The molecule has 4 aromatic heterocycles. The fourth-order valence-electron chi connectivity index (χ4n) is 10.8. The summed E-state index contributed by atoms with van der Waals surface area (Å²) in [6, 6.07) is 7.65. The quantitative estimate of drug-likeness (QED) is 0.0212. The van der Waals surface area contributed by atoms with Crippen molar-refractivity contribution in [3.05, 3.63) is 104 Å². The highest BCUT2D eigenvalue weighted by Gasteiger charge is 2.33. The fraction of sp³-hybridized carbons (Fsp3) is 0.427. The first kappa shape index (κ1) is 101. The van der Waals surface area contributed by atoms with Crippen molar-refractivity contribution >= 4 is 269 Å². The Morgan fingerprint density at radius 3 is 1.01 bits per heavy atom. The number of H-pyrrole nitrogens is 3. The Morgan fingerprint density at radius 1 is 0.379 bits per heavy atom. The first-order valence-electron chi connectivity index (χ1n) is 34.2. The largest absolute Gasteiger partial charge is 0.519 e. The molecule has 0 bridgehead atoms. The third-order valence-corrected chi connectivity index (χ3v) is 22.4. The van der Waals surface area contributed by atoms with Gasteiger partial charge in [0.25, 0.3) is 0 Å². The van der Waals surface area contributed by atoms with Gasteiger partial charge in [0.15, 0.2) is 0 Å². The van der Waals surface area contributed by atoms with Crippen LogP contribution >= 0.6 is 159 Å². The number of amides is 4. The number of nitrogens with zero attached hydrogens (tertiary/aromatic N) is 1. The normalized spacial score (nSPS) is 12.1. The minimum absolute atomic E-state index is 0.0872. The van der Waals surface area contributed by atoms with Crippen LogP contribution in [0.15, 0.2) is 81.6 Å². The maximum Gasteiger partial charge on any atom is 0.519 e. The second kappa shape index (κ2) is 44.9. The standard InChI is InChI=1S/C20H24Br2N2O6.2C15H15Br3N2O4.C15H16Br2N2O4.C10H18O5/c1-10(25)23-14(18(26)29-6)7-12-11-8-16(28-5)13(21)9-15(11)24(17(12)22)19(27)30-20(2,3)4;2*1-6(21)19-9(15(22)24-3)4-7-11-12(17)10(23-2)5-8(16)13(11)20-14(7)18;1-7(20)18-12(15(21)23-3)4-9-8-5-13(22-2)10(16)6-11(8)19-14(9)17;1-9(2,3)14-7(11)13-8(12)15-10(4,5)6/h8-9,14H,7H2,1-6H3,(H,23,25);2*5,9,20H,4H2,1-3H3,(H,19,21);5-6,12,19H,4H2,1-3H3,(H,18,20);1-6H3/t14-;2*9-;12-;/m0000./s1. The molecule has 4 heterocycles. The third kappa shape index (κ3) is 28.9. The molecule has 0 aliphatic rings. The molecule has 0 aliphatic carbocycles. The number of methoxy groups -OCH3 is 8. The lowest BCUT2D eigenvalue weighted by atomic mass is 10.0. The molecule has 0 fully saturated rings. The number of hydrogen-bond acceptors (Lipinski definition) is 23. The van der Waals surface area contributed by atoms with Gasteiger partial charge in [-0.2, -0.15) is 0 Å². The van der Waals surface area contributed by atoms with Crippen LogP contribution < -0.4 is 40.2 Å². The topological polar surface area (TPSA) is 399 Å². The van der Waals surface area contributed by atoms with E-state index < -0.39 is 83.3 Å². The van der Waals surface area contributed by atoms with E-state index in [9.17, 15) is 52.7 Å². The van der Waals surface area contributed by atoms with Crippen molar-refractivity contribution in [2.24, 2.45) is 0 Å². The Bertz CT molecular complexity index is 4820. The zero-order valence-corrected chi connectivity index (χ0v) is 82.6. The Hall–Kier alpha value is -6.99. The second-order valence-electron chi connectivity index (χ2n) is 27.6. The molecular formula is C75H88Br10N8O23. The van der Waals surface area contributed by atoms with Crippen LogP contribution in [-0.4, -0.2) is 183 Å². The molecule has 636 valence electrons. The van der Waals surface area contributed by atoms with Gasteiger partial charge in [-0.15, -0.1) is 0 Å². The summed E-state index contributed by atoms with van der Waals surface area (Å²) in [6.45, 7) is 20.7. The van der Waals surface area contributed by atoms with Crippen LogP contribution in [-0.2, 0) is 102 Å². The molecule has 0 saturated heterocycles. The Labute approximate surface area is 752 Å². The summed E-state index contributed by atoms with van der Waals surface area (Å²) in [5.41, 5.74) is 4.13. The van der Waals surface area contributed by atoms with Gasteiger partial charge >= 0.3 is 42.3 Å². The number of esters is 4. The third-order valence-electron chi connectivity index (χ3n) is 15.4. The average molecular weight is 2270 g/mol. The van der Waals surface area contributed by atoms with Gasteiger partial charge in [0.1, 0.15) is 64.0 Å². The van der Waals surface area contributed by atoms with Crippen LogP contribution in [0, 0.1) is 0 Å². The minimum atomic E-state index is -1.06. The second-order valence-corrected chi connectivity index (χ2v) is 35.7. The highest BCUT2D eigenvalue weighted by Crippen LogP contribution is 2.45. The van der Waals surface area contributed by atoms with Crippen LogP contribution in [0.4, 0.5) is 14.4 Å². The van der Waals surface area contributed by atoms with Gasteiger partial charge < -0.3 is 93.1 Å². The van der Waals surface area contributed by atoms with E-state index in [4.69, 9.17) is 52.1 Å². The predicted octanol–water partition coefficient (Wildman–Crippen LogP) is 17.3. The molecule has 31 nitrogen and oxygen atoms in total. The zero-order valence-electron chi connectivity index (χ0n) is 66.7. The number of carbonyl (C=O) groups is 11. The van der Waals surface area contributed by atoms with E-state index in [-0.39, 0.29) is 49.3 Å². The predicted molar refractivity (Wildman–Crippen MR) is 469 cm³/mol. The van der Waals surface area contributed by atoms with Crippen molar-refractivity contribution in [2.45, 2.75) is 157 Å². The van der Waals surface area contributed by atoms with E-state index in [0.29, 0.717) is 57.7 Å². The number of hydrogen-bond donors (Lipinski definition) is 7. The number of aromatic amines is 3. The smallest absolute Gasteiger partial charge is 0.496 e. The lowest BCUT2D eigenvalue weighted by molar-refractivity contribution is -0.145. The summed E-state index contributed by atoms with van der Waals surface area (Å²) in [4.78, 5) is 138. The van der Waals surface area contributed by atoms with Crippen LogP contribution in [0.25, 0.3) is 43.6 Å². The van der Waals surface area contributed by atoms with E-state index in [1.807, 2.05) is 24.3 Å². The lowest BCUT2D eigenvalue weighted by Crippen LogP contribution is -2.42. The minimum Gasteiger partial charge on any atom is -0.496 e. The molecule has 41 heteroatoms. The van der Waals surface area contributed by atoms with Crippen molar-refractivity contribution in [1.29, 1.82) is 0 Å². The molecule has 0 unspecified atom stereocenters. The number of nitrogens with one attached hydrogen (secondary N) is 7. The number of aromatic nitrogens is 4.